The van der Waals surface area contributed by atoms with Gasteiger partial charge in [-0.05, 0) is 49.6 Å². The average molecular weight is 304 g/mol. The number of anilines is 2. The minimum absolute atomic E-state index is 0.187. The molecule has 2 rings (SSSR count). The lowest BCUT2D eigenvalue weighted by Gasteiger charge is -2.22. The Hall–Kier alpha value is -2.01. The third-order valence-corrected chi connectivity index (χ3v) is 5.58. The van der Waals surface area contributed by atoms with E-state index in [0.29, 0.717) is 16.9 Å². The molecule has 21 heavy (non-hydrogen) atoms. The Labute approximate surface area is 126 Å². The van der Waals surface area contributed by atoms with Crippen molar-refractivity contribution in [3.8, 4) is 0 Å². The molecule has 0 unspecified atom stereocenters. The highest BCUT2D eigenvalue weighted by atomic mass is 32.2. The van der Waals surface area contributed by atoms with Crippen LogP contribution in [0.25, 0.3) is 0 Å². The molecule has 0 saturated heterocycles. The first-order valence-electron chi connectivity index (χ1n) is 6.66. The largest absolute Gasteiger partial charge is 0.397 e. The zero-order chi connectivity index (χ0) is 15.8. The third kappa shape index (κ3) is 2.74. The molecule has 112 valence electrons. The monoisotopic (exact) mass is 304 g/mol. The maximum Gasteiger partial charge on any atom is 0.266 e. The van der Waals surface area contributed by atoms with Gasteiger partial charge >= 0.3 is 0 Å². The van der Waals surface area contributed by atoms with Crippen molar-refractivity contribution < 1.29 is 8.42 Å². The summed E-state index contributed by atoms with van der Waals surface area (Å²) in [4.78, 5) is 0.187. The number of nitrogens with two attached hydrogens (primary N) is 1. The van der Waals surface area contributed by atoms with E-state index in [4.69, 9.17) is 5.73 Å². The molecule has 0 aromatic heterocycles. The Morgan fingerprint density at radius 2 is 1.62 bits per heavy atom. The molecule has 0 saturated carbocycles. The second-order valence-electron chi connectivity index (χ2n) is 5.25. The van der Waals surface area contributed by atoms with E-state index in [1.54, 1.807) is 33.0 Å². The minimum Gasteiger partial charge on any atom is -0.397 e. The molecule has 0 bridgehead atoms. The van der Waals surface area contributed by atoms with Crippen LogP contribution in [0.4, 0.5) is 11.4 Å². The zero-order valence-electron chi connectivity index (χ0n) is 12.7. The molecule has 0 aliphatic rings. The van der Waals surface area contributed by atoms with Gasteiger partial charge in [0.1, 0.15) is 4.90 Å². The third-order valence-electron chi connectivity index (χ3n) is 3.59. The smallest absolute Gasteiger partial charge is 0.266 e. The van der Waals surface area contributed by atoms with E-state index in [9.17, 15) is 8.42 Å². The quantitative estimate of drug-likeness (QED) is 0.887. The molecule has 2 N–H and O–H groups in total. The molecular formula is C16H20N2O2S. The van der Waals surface area contributed by atoms with Crippen LogP contribution < -0.4 is 10.0 Å². The van der Waals surface area contributed by atoms with E-state index in [0.717, 1.165) is 11.1 Å². The molecule has 0 radical (unpaired) electrons. The summed E-state index contributed by atoms with van der Waals surface area (Å²) in [5, 5.41) is 0. The van der Waals surface area contributed by atoms with Gasteiger partial charge in [-0.1, -0.05) is 24.3 Å². The van der Waals surface area contributed by atoms with Gasteiger partial charge < -0.3 is 5.73 Å². The fraction of sp³-hybridized carbons (Fsp3) is 0.250. The number of hydrogen-bond donors (Lipinski definition) is 1. The average Bonchev–Trinajstić information content (AvgIpc) is 2.42. The van der Waals surface area contributed by atoms with Crippen LogP contribution >= 0.6 is 0 Å². The van der Waals surface area contributed by atoms with Crippen molar-refractivity contribution in [3.05, 3.63) is 53.1 Å². The minimum atomic E-state index is -3.68. The van der Waals surface area contributed by atoms with Gasteiger partial charge in [-0.2, -0.15) is 0 Å². The summed E-state index contributed by atoms with van der Waals surface area (Å²) in [5.41, 5.74) is 9.36. The number of hydrogen-bond acceptors (Lipinski definition) is 3. The highest BCUT2D eigenvalue weighted by Gasteiger charge is 2.26. The van der Waals surface area contributed by atoms with Crippen LogP contribution in [-0.4, -0.2) is 15.5 Å². The number of nitrogens with zero attached hydrogens (tertiary/aromatic N) is 1. The predicted octanol–water partition coefficient (Wildman–Crippen LogP) is 3.02. The summed E-state index contributed by atoms with van der Waals surface area (Å²) in [6, 6.07) is 11.0. The molecule has 0 aliphatic heterocycles. The molecule has 0 aliphatic carbocycles. The highest BCUT2D eigenvalue weighted by Crippen LogP contribution is 2.30. The number of nitrogen functional groups attached to an aromatic ring is 1. The van der Waals surface area contributed by atoms with Crippen LogP contribution in [0.5, 0.6) is 0 Å². The predicted molar refractivity (Wildman–Crippen MR) is 87.1 cm³/mol. The molecule has 2 aromatic rings. The Bertz CT molecular complexity index is 783. The van der Waals surface area contributed by atoms with Gasteiger partial charge in [0.05, 0.1) is 11.4 Å². The molecule has 0 amide bonds. The molecule has 0 spiro atoms. The summed E-state index contributed by atoms with van der Waals surface area (Å²) in [6.45, 7) is 5.49. The summed E-state index contributed by atoms with van der Waals surface area (Å²) < 4.78 is 27.0. The van der Waals surface area contributed by atoms with E-state index in [2.05, 4.69) is 0 Å². The van der Waals surface area contributed by atoms with E-state index < -0.39 is 10.0 Å². The van der Waals surface area contributed by atoms with Gasteiger partial charge in [-0.3, -0.25) is 4.31 Å². The van der Waals surface area contributed by atoms with Gasteiger partial charge in [-0.25, -0.2) is 8.42 Å². The van der Waals surface area contributed by atoms with Crippen molar-refractivity contribution in [1.29, 1.82) is 0 Å². The topological polar surface area (TPSA) is 63.4 Å². The van der Waals surface area contributed by atoms with Crippen molar-refractivity contribution in [1.82, 2.24) is 0 Å². The lowest BCUT2D eigenvalue weighted by atomic mass is 10.1. The summed E-state index contributed by atoms with van der Waals surface area (Å²) >= 11 is 0. The summed E-state index contributed by atoms with van der Waals surface area (Å²) in [6.07, 6.45) is 0. The van der Waals surface area contributed by atoms with E-state index in [1.165, 1.54) is 4.31 Å². The van der Waals surface area contributed by atoms with Crippen molar-refractivity contribution in [3.63, 3.8) is 0 Å². The molecule has 0 heterocycles. The van der Waals surface area contributed by atoms with Crippen LogP contribution in [0.15, 0.2) is 41.3 Å². The molecule has 4 nitrogen and oxygen atoms in total. The second kappa shape index (κ2) is 5.41. The number of aryl methyl sites for hydroxylation is 3. The normalized spacial score (nSPS) is 11.4. The second-order valence-corrected chi connectivity index (χ2v) is 7.16. The Morgan fingerprint density at radius 1 is 1.00 bits per heavy atom. The lowest BCUT2D eigenvalue weighted by molar-refractivity contribution is 0.594. The SMILES string of the molecule is Cc1cccc(N(C)S(=O)(=O)c2c(C)ccc(C)c2N)c1. The van der Waals surface area contributed by atoms with Crippen LogP contribution in [-0.2, 0) is 10.0 Å². The Kier molecular flexibility index (Phi) is 3.96. The highest BCUT2D eigenvalue weighted by molar-refractivity contribution is 7.93. The van der Waals surface area contributed by atoms with Gasteiger partial charge in [0.2, 0.25) is 0 Å². The fourth-order valence-electron chi connectivity index (χ4n) is 2.25. The van der Waals surface area contributed by atoms with Crippen molar-refractivity contribution in [2.75, 3.05) is 17.1 Å². The maximum absolute atomic E-state index is 12.9. The van der Waals surface area contributed by atoms with E-state index in [1.807, 2.05) is 31.2 Å². The van der Waals surface area contributed by atoms with Crippen LogP contribution in [0, 0.1) is 20.8 Å². The summed E-state index contributed by atoms with van der Waals surface area (Å²) in [5.74, 6) is 0. The van der Waals surface area contributed by atoms with Crippen LogP contribution in [0.3, 0.4) is 0 Å². The Morgan fingerprint density at radius 3 is 2.24 bits per heavy atom. The van der Waals surface area contributed by atoms with E-state index >= 15 is 0 Å². The number of rotatable bonds is 3. The molecular weight excluding hydrogens is 284 g/mol. The summed E-state index contributed by atoms with van der Waals surface area (Å²) in [7, 11) is -2.14. The van der Waals surface area contributed by atoms with Gasteiger partial charge in [0, 0.05) is 7.05 Å². The van der Waals surface area contributed by atoms with Crippen molar-refractivity contribution in [2.24, 2.45) is 0 Å². The van der Waals surface area contributed by atoms with Crippen LogP contribution in [0.1, 0.15) is 16.7 Å². The first kappa shape index (κ1) is 15.4. The molecule has 0 atom stereocenters. The Balaban J connectivity index is 2.60. The van der Waals surface area contributed by atoms with Crippen LogP contribution in [0.2, 0.25) is 0 Å². The van der Waals surface area contributed by atoms with Crippen molar-refractivity contribution >= 4 is 21.4 Å². The first-order chi connectivity index (χ1) is 9.75. The lowest BCUT2D eigenvalue weighted by Crippen LogP contribution is -2.28. The fourth-order valence-corrected chi connectivity index (χ4v) is 3.83. The number of sulfonamides is 1. The molecule has 2 aromatic carbocycles. The first-order valence-corrected chi connectivity index (χ1v) is 8.10. The van der Waals surface area contributed by atoms with Gasteiger partial charge in [0.15, 0.2) is 0 Å². The molecule has 5 heteroatoms. The van der Waals surface area contributed by atoms with Gasteiger partial charge in [-0.15, -0.1) is 0 Å². The van der Waals surface area contributed by atoms with E-state index in [-0.39, 0.29) is 4.90 Å². The van der Waals surface area contributed by atoms with Crippen molar-refractivity contribution in [2.45, 2.75) is 25.7 Å². The van der Waals surface area contributed by atoms with Gasteiger partial charge in [0.25, 0.3) is 10.0 Å². The number of benzene rings is 2. The maximum atomic E-state index is 12.9. The standard InChI is InChI=1S/C16H20N2O2S/c1-11-6-5-7-14(10-11)18(4)21(19,20)16-13(3)9-8-12(2)15(16)17/h5-10H,17H2,1-4H3. The molecule has 0 fully saturated rings. The zero-order valence-corrected chi connectivity index (χ0v) is 13.5.